The summed E-state index contributed by atoms with van der Waals surface area (Å²) in [5, 5.41) is 7.44. The number of rotatable bonds is 2. The number of carbonyl (C=O) groups excluding carboxylic acids is 1. The summed E-state index contributed by atoms with van der Waals surface area (Å²) in [4.78, 5) is 12.2. The lowest BCUT2D eigenvalue weighted by molar-refractivity contribution is 0.102. The van der Waals surface area contributed by atoms with Crippen molar-refractivity contribution in [2.45, 2.75) is 6.92 Å². The molecule has 0 spiro atoms. The van der Waals surface area contributed by atoms with Gasteiger partial charge in [0.2, 0.25) is 5.78 Å². The maximum atomic E-state index is 12.2. The standard InChI is InChI=1S/C11H10BrN3O/c1-7-4-3-5-8(10(7)12)11(16)9-6-13-14-15(9)2/h3-6H,1-2H3. The van der Waals surface area contributed by atoms with Gasteiger partial charge in [0.05, 0.1) is 6.20 Å². The maximum Gasteiger partial charge on any atom is 0.213 e. The van der Waals surface area contributed by atoms with E-state index >= 15 is 0 Å². The van der Waals surface area contributed by atoms with Crippen molar-refractivity contribution in [3.8, 4) is 0 Å². The molecule has 0 fully saturated rings. The molecular weight excluding hydrogens is 270 g/mol. The molecule has 16 heavy (non-hydrogen) atoms. The van der Waals surface area contributed by atoms with Crippen molar-refractivity contribution in [1.82, 2.24) is 15.0 Å². The molecule has 0 aliphatic heterocycles. The Morgan fingerprint density at radius 1 is 1.44 bits per heavy atom. The minimum Gasteiger partial charge on any atom is -0.287 e. The Labute approximate surface area is 101 Å². The summed E-state index contributed by atoms with van der Waals surface area (Å²) in [6, 6.07) is 5.59. The average Bonchev–Trinajstić information content (AvgIpc) is 2.68. The van der Waals surface area contributed by atoms with Gasteiger partial charge in [-0.25, -0.2) is 4.68 Å². The highest BCUT2D eigenvalue weighted by molar-refractivity contribution is 9.10. The highest BCUT2D eigenvalue weighted by Gasteiger charge is 2.16. The topological polar surface area (TPSA) is 47.8 Å². The van der Waals surface area contributed by atoms with Crippen LogP contribution in [0.1, 0.15) is 21.6 Å². The second kappa shape index (κ2) is 4.17. The molecule has 0 amide bonds. The van der Waals surface area contributed by atoms with Crippen LogP contribution in [0.4, 0.5) is 0 Å². The molecule has 0 aliphatic rings. The van der Waals surface area contributed by atoms with E-state index in [9.17, 15) is 4.79 Å². The molecule has 4 nitrogen and oxygen atoms in total. The molecule has 0 N–H and O–H groups in total. The number of halogens is 1. The molecule has 0 saturated carbocycles. The number of carbonyl (C=O) groups is 1. The van der Waals surface area contributed by atoms with Crippen LogP contribution in [0.15, 0.2) is 28.9 Å². The van der Waals surface area contributed by atoms with Crippen LogP contribution in [-0.2, 0) is 7.05 Å². The molecule has 1 aromatic heterocycles. The monoisotopic (exact) mass is 279 g/mol. The van der Waals surface area contributed by atoms with E-state index in [0.717, 1.165) is 10.0 Å². The Morgan fingerprint density at radius 3 is 2.81 bits per heavy atom. The van der Waals surface area contributed by atoms with Crippen LogP contribution < -0.4 is 0 Å². The summed E-state index contributed by atoms with van der Waals surface area (Å²) in [5.41, 5.74) is 2.14. The van der Waals surface area contributed by atoms with Gasteiger partial charge in [-0.2, -0.15) is 0 Å². The molecule has 1 heterocycles. The Morgan fingerprint density at radius 2 is 2.19 bits per heavy atom. The van der Waals surface area contributed by atoms with Crippen LogP contribution in [0.25, 0.3) is 0 Å². The highest BCUT2D eigenvalue weighted by atomic mass is 79.9. The SMILES string of the molecule is Cc1cccc(C(=O)c2cnnn2C)c1Br. The molecule has 5 heteroatoms. The molecule has 0 saturated heterocycles. The number of benzene rings is 1. The van der Waals surface area contributed by atoms with Crippen LogP contribution in [0.5, 0.6) is 0 Å². The molecule has 0 unspecified atom stereocenters. The van der Waals surface area contributed by atoms with Crippen LogP contribution >= 0.6 is 15.9 Å². The maximum absolute atomic E-state index is 12.2. The van der Waals surface area contributed by atoms with Gasteiger partial charge >= 0.3 is 0 Å². The summed E-state index contributed by atoms with van der Waals surface area (Å²) in [6.07, 6.45) is 1.47. The molecule has 82 valence electrons. The van der Waals surface area contributed by atoms with Crippen LogP contribution in [0.3, 0.4) is 0 Å². The third-order valence-corrected chi connectivity index (χ3v) is 3.44. The normalized spacial score (nSPS) is 10.4. The van der Waals surface area contributed by atoms with Gasteiger partial charge in [-0.05, 0) is 34.5 Å². The summed E-state index contributed by atoms with van der Waals surface area (Å²) in [6.45, 7) is 1.95. The van der Waals surface area contributed by atoms with E-state index in [1.807, 2.05) is 19.1 Å². The van der Waals surface area contributed by atoms with E-state index in [2.05, 4.69) is 26.2 Å². The minimum absolute atomic E-state index is 0.0805. The molecular formula is C11H10BrN3O. The first-order chi connectivity index (χ1) is 7.61. The number of nitrogens with zero attached hydrogens (tertiary/aromatic N) is 3. The summed E-state index contributed by atoms with van der Waals surface area (Å²) in [7, 11) is 1.70. The van der Waals surface area contributed by atoms with Gasteiger partial charge in [0.25, 0.3) is 0 Å². The van der Waals surface area contributed by atoms with E-state index < -0.39 is 0 Å². The van der Waals surface area contributed by atoms with Gasteiger partial charge in [0.15, 0.2) is 0 Å². The largest absolute Gasteiger partial charge is 0.287 e. The third kappa shape index (κ3) is 1.78. The second-order valence-corrected chi connectivity index (χ2v) is 4.30. The van der Waals surface area contributed by atoms with Gasteiger partial charge in [0, 0.05) is 17.1 Å². The first-order valence-corrected chi connectivity index (χ1v) is 5.55. The van der Waals surface area contributed by atoms with Crippen molar-refractivity contribution in [2.24, 2.45) is 7.05 Å². The van der Waals surface area contributed by atoms with Gasteiger partial charge in [-0.15, -0.1) is 5.10 Å². The first kappa shape index (κ1) is 11.0. The van der Waals surface area contributed by atoms with E-state index in [1.54, 1.807) is 13.1 Å². The summed E-state index contributed by atoms with van der Waals surface area (Å²) in [5.74, 6) is -0.0805. The molecule has 2 rings (SSSR count). The fraction of sp³-hybridized carbons (Fsp3) is 0.182. The smallest absolute Gasteiger partial charge is 0.213 e. The first-order valence-electron chi connectivity index (χ1n) is 4.75. The van der Waals surface area contributed by atoms with Crippen molar-refractivity contribution in [3.63, 3.8) is 0 Å². The predicted molar refractivity (Wildman–Crippen MR) is 63.3 cm³/mol. The molecule has 2 aromatic rings. The average molecular weight is 280 g/mol. The van der Waals surface area contributed by atoms with E-state index in [-0.39, 0.29) is 5.78 Å². The third-order valence-electron chi connectivity index (χ3n) is 2.38. The summed E-state index contributed by atoms with van der Waals surface area (Å²) < 4.78 is 2.29. The molecule has 0 bridgehead atoms. The van der Waals surface area contributed by atoms with Crippen LogP contribution in [-0.4, -0.2) is 20.8 Å². The van der Waals surface area contributed by atoms with Crippen molar-refractivity contribution in [2.75, 3.05) is 0 Å². The van der Waals surface area contributed by atoms with E-state index in [0.29, 0.717) is 11.3 Å². The molecule has 0 aliphatic carbocycles. The van der Waals surface area contributed by atoms with Crippen LogP contribution in [0.2, 0.25) is 0 Å². The lowest BCUT2D eigenvalue weighted by Gasteiger charge is -2.05. The predicted octanol–water partition coefficient (Wildman–Crippen LogP) is 2.12. The zero-order chi connectivity index (χ0) is 11.7. The second-order valence-electron chi connectivity index (χ2n) is 3.51. The molecule has 0 atom stereocenters. The lowest BCUT2D eigenvalue weighted by atomic mass is 10.1. The van der Waals surface area contributed by atoms with E-state index in [1.165, 1.54) is 10.9 Å². The number of aryl methyl sites for hydroxylation is 2. The van der Waals surface area contributed by atoms with E-state index in [4.69, 9.17) is 0 Å². The fourth-order valence-electron chi connectivity index (χ4n) is 1.46. The van der Waals surface area contributed by atoms with Crippen molar-refractivity contribution in [1.29, 1.82) is 0 Å². The summed E-state index contributed by atoms with van der Waals surface area (Å²) >= 11 is 3.42. The zero-order valence-electron chi connectivity index (χ0n) is 8.94. The zero-order valence-corrected chi connectivity index (χ0v) is 10.5. The Bertz CT molecular complexity index is 548. The Kier molecular flexibility index (Phi) is 2.87. The number of hydrogen-bond acceptors (Lipinski definition) is 3. The quantitative estimate of drug-likeness (QED) is 0.792. The molecule has 0 radical (unpaired) electrons. The number of aromatic nitrogens is 3. The highest BCUT2D eigenvalue weighted by Crippen LogP contribution is 2.23. The number of ketones is 1. The van der Waals surface area contributed by atoms with Crippen molar-refractivity contribution in [3.05, 3.63) is 45.7 Å². The fourth-order valence-corrected chi connectivity index (χ4v) is 1.90. The van der Waals surface area contributed by atoms with Gasteiger partial charge in [-0.3, -0.25) is 4.79 Å². The van der Waals surface area contributed by atoms with Gasteiger partial charge < -0.3 is 0 Å². The van der Waals surface area contributed by atoms with Gasteiger partial charge in [-0.1, -0.05) is 17.3 Å². The Hall–Kier alpha value is -1.49. The van der Waals surface area contributed by atoms with Crippen molar-refractivity contribution < 1.29 is 4.79 Å². The Balaban J connectivity index is 2.50. The number of hydrogen-bond donors (Lipinski definition) is 0. The van der Waals surface area contributed by atoms with Gasteiger partial charge in [0.1, 0.15) is 5.69 Å². The lowest BCUT2D eigenvalue weighted by Crippen LogP contribution is -2.09. The van der Waals surface area contributed by atoms with Crippen molar-refractivity contribution >= 4 is 21.7 Å². The molecule has 1 aromatic carbocycles. The minimum atomic E-state index is -0.0805. The van der Waals surface area contributed by atoms with Crippen LogP contribution in [0, 0.1) is 6.92 Å².